The predicted octanol–water partition coefficient (Wildman–Crippen LogP) is 4.05. The normalized spacial score (nSPS) is 28.7. The topological polar surface area (TPSA) is 51.5 Å². The molecule has 166 valence electrons. The molecule has 3 aliphatic rings. The van der Waals surface area contributed by atoms with Crippen molar-refractivity contribution in [1.29, 1.82) is 0 Å². The van der Waals surface area contributed by atoms with Crippen LogP contribution in [-0.4, -0.2) is 52.2 Å². The number of carbonyl (C=O) groups excluding carboxylic acids is 1. The third kappa shape index (κ3) is 5.31. The van der Waals surface area contributed by atoms with Crippen molar-refractivity contribution in [3.8, 4) is 0 Å². The van der Waals surface area contributed by atoms with Crippen LogP contribution in [0.25, 0.3) is 0 Å². The molecule has 2 bridgehead atoms. The fraction of sp³-hybridized carbons (Fsp3) is 0.750. The van der Waals surface area contributed by atoms with E-state index in [0.29, 0.717) is 23.5 Å². The van der Waals surface area contributed by atoms with Crippen molar-refractivity contribution < 1.29 is 9.53 Å². The largest absolute Gasteiger partial charge is 0.461 e. The van der Waals surface area contributed by atoms with E-state index < -0.39 is 0 Å². The average Bonchev–Trinajstić information content (AvgIpc) is 2.74. The van der Waals surface area contributed by atoms with Crippen molar-refractivity contribution in [1.82, 2.24) is 9.47 Å². The second kappa shape index (κ2) is 10.4. The van der Waals surface area contributed by atoms with Gasteiger partial charge in [-0.1, -0.05) is 25.8 Å². The van der Waals surface area contributed by atoms with Gasteiger partial charge in [-0.15, -0.1) is 0 Å². The Morgan fingerprint density at radius 1 is 1.20 bits per heavy atom. The zero-order valence-electron chi connectivity index (χ0n) is 18.3. The number of ether oxygens (including phenoxy) is 1. The Labute approximate surface area is 184 Å². The Kier molecular flexibility index (Phi) is 7.58. The molecule has 5 nitrogen and oxygen atoms in total. The first-order valence-corrected chi connectivity index (χ1v) is 12.9. The minimum absolute atomic E-state index is 0.0321. The number of pyridine rings is 1. The van der Waals surface area contributed by atoms with Crippen molar-refractivity contribution in [2.75, 3.05) is 25.4 Å². The number of thioether (sulfide) groups is 1. The number of hydrogen-bond acceptors (Lipinski definition) is 5. The fourth-order valence-corrected chi connectivity index (χ4v) is 6.92. The van der Waals surface area contributed by atoms with E-state index in [1.807, 2.05) is 22.4 Å². The van der Waals surface area contributed by atoms with Gasteiger partial charge >= 0.3 is 5.97 Å². The van der Waals surface area contributed by atoms with Gasteiger partial charge in [-0.25, -0.2) is 0 Å². The van der Waals surface area contributed by atoms with E-state index in [1.165, 1.54) is 43.6 Å². The molecule has 1 aromatic rings. The Bertz CT molecular complexity index is 780. The van der Waals surface area contributed by atoms with Crippen molar-refractivity contribution >= 4 is 17.7 Å². The van der Waals surface area contributed by atoms with Crippen LogP contribution in [0.4, 0.5) is 0 Å². The highest BCUT2D eigenvalue weighted by Gasteiger charge is 2.35. The molecule has 4 atom stereocenters. The number of piperidine rings is 1. The first-order chi connectivity index (χ1) is 14.6. The summed E-state index contributed by atoms with van der Waals surface area (Å²) in [6.45, 7) is 5.72. The average molecular weight is 433 g/mol. The summed E-state index contributed by atoms with van der Waals surface area (Å²) in [4.78, 5) is 27.2. The molecule has 6 heteroatoms. The molecular formula is C24H36N2O3S. The van der Waals surface area contributed by atoms with Crippen LogP contribution < -0.4 is 5.56 Å². The minimum Gasteiger partial charge on any atom is -0.461 e. The van der Waals surface area contributed by atoms with Gasteiger partial charge in [0.2, 0.25) is 0 Å². The van der Waals surface area contributed by atoms with E-state index in [9.17, 15) is 9.59 Å². The molecule has 1 aromatic heterocycles. The molecule has 1 aliphatic carbocycles. The first kappa shape index (κ1) is 21.9. The maximum Gasteiger partial charge on any atom is 0.307 e. The fourth-order valence-electron chi connectivity index (χ4n) is 5.42. The molecule has 1 saturated heterocycles. The molecule has 0 spiro atoms. The number of esters is 1. The molecule has 0 aromatic carbocycles. The molecule has 0 unspecified atom stereocenters. The van der Waals surface area contributed by atoms with Crippen LogP contribution in [0.3, 0.4) is 0 Å². The number of unbranched alkanes of at least 4 members (excludes halogenated alkanes) is 1. The molecule has 1 saturated carbocycles. The third-order valence-electron chi connectivity index (χ3n) is 6.94. The first-order valence-electron chi connectivity index (χ1n) is 11.9. The van der Waals surface area contributed by atoms with Crippen molar-refractivity contribution in [2.24, 2.45) is 5.92 Å². The van der Waals surface area contributed by atoms with Crippen LogP contribution in [0.1, 0.15) is 69.9 Å². The number of aromatic nitrogens is 1. The molecule has 2 aliphatic heterocycles. The van der Waals surface area contributed by atoms with Gasteiger partial charge in [-0.05, 0) is 49.8 Å². The molecule has 0 amide bonds. The Morgan fingerprint density at radius 3 is 2.93 bits per heavy atom. The van der Waals surface area contributed by atoms with Crippen molar-refractivity contribution in [3.05, 3.63) is 34.2 Å². The SMILES string of the molecule is CCCCS[C@H]1CCCC[C@@H]1OC(=O)CCN1C[C@@H]2C[C@@H](C1)c1cccc(=O)n1C2. The lowest BCUT2D eigenvalue weighted by atomic mass is 9.83. The summed E-state index contributed by atoms with van der Waals surface area (Å²) in [5.74, 6) is 2.05. The van der Waals surface area contributed by atoms with Crippen LogP contribution >= 0.6 is 11.8 Å². The third-order valence-corrected chi connectivity index (χ3v) is 8.43. The van der Waals surface area contributed by atoms with E-state index >= 15 is 0 Å². The highest BCUT2D eigenvalue weighted by molar-refractivity contribution is 7.99. The van der Waals surface area contributed by atoms with Crippen molar-refractivity contribution in [2.45, 2.75) is 82.1 Å². The Hall–Kier alpha value is -1.27. The van der Waals surface area contributed by atoms with Gasteiger partial charge in [0.15, 0.2) is 0 Å². The second-order valence-corrected chi connectivity index (χ2v) is 10.6. The number of fused-ring (bicyclic) bond motifs is 4. The van der Waals surface area contributed by atoms with Gasteiger partial charge < -0.3 is 14.2 Å². The van der Waals surface area contributed by atoms with Crippen molar-refractivity contribution in [3.63, 3.8) is 0 Å². The van der Waals surface area contributed by atoms with E-state index in [0.717, 1.165) is 39.0 Å². The number of hydrogen-bond donors (Lipinski definition) is 0. The number of carbonyl (C=O) groups is 1. The molecule has 3 heterocycles. The minimum atomic E-state index is -0.0321. The molecule has 0 N–H and O–H groups in total. The van der Waals surface area contributed by atoms with E-state index in [-0.39, 0.29) is 17.6 Å². The number of likely N-dealkylation sites (tertiary alicyclic amines) is 1. The summed E-state index contributed by atoms with van der Waals surface area (Å²) in [6.07, 6.45) is 8.85. The highest BCUT2D eigenvalue weighted by Crippen LogP contribution is 2.35. The van der Waals surface area contributed by atoms with E-state index in [4.69, 9.17) is 4.74 Å². The van der Waals surface area contributed by atoms with Gasteiger partial charge in [-0.3, -0.25) is 9.59 Å². The summed E-state index contributed by atoms with van der Waals surface area (Å²) in [7, 11) is 0. The molecular weight excluding hydrogens is 396 g/mol. The standard InChI is InChI=1S/C24H36N2O3S/c1-2-3-13-30-22-9-5-4-8-21(22)29-24(28)11-12-25-15-18-14-19(17-25)20-7-6-10-23(27)26(20)16-18/h6-7,10,18-19,21-22H,2-5,8-9,11-17H2,1H3/t18-,19-,21-,22-/m0/s1. The molecule has 30 heavy (non-hydrogen) atoms. The predicted molar refractivity (Wildman–Crippen MR) is 122 cm³/mol. The molecule has 2 fully saturated rings. The van der Waals surface area contributed by atoms with Gasteiger partial charge in [0.1, 0.15) is 6.10 Å². The van der Waals surface area contributed by atoms with Gasteiger partial charge in [0.25, 0.3) is 5.56 Å². The lowest BCUT2D eigenvalue weighted by molar-refractivity contribution is -0.150. The number of rotatable bonds is 8. The number of nitrogens with zero attached hydrogens (tertiary/aromatic N) is 2. The maximum absolute atomic E-state index is 12.6. The summed E-state index contributed by atoms with van der Waals surface area (Å²) in [6, 6.07) is 5.64. The molecule has 4 rings (SSSR count). The summed E-state index contributed by atoms with van der Waals surface area (Å²) in [5.41, 5.74) is 1.29. The second-order valence-electron chi connectivity index (χ2n) is 9.28. The zero-order valence-corrected chi connectivity index (χ0v) is 19.1. The van der Waals surface area contributed by atoms with Gasteiger partial charge in [0, 0.05) is 49.1 Å². The van der Waals surface area contributed by atoms with Crippen LogP contribution in [0.5, 0.6) is 0 Å². The smallest absolute Gasteiger partial charge is 0.307 e. The quantitative estimate of drug-likeness (QED) is 0.458. The molecule has 0 radical (unpaired) electrons. The van der Waals surface area contributed by atoms with E-state index in [1.54, 1.807) is 6.07 Å². The van der Waals surface area contributed by atoms with Gasteiger partial charge in [-0.2, -0.15) is 11.8 Å². The monoisotopic (exact) mass is 432 g/mol. The van der Waals surface area contributed by atoms with Crippen LogP contribution in [0, 0.1) is 5.92 Å². The lowest BCUT2D eigenvalue weighted by Gasteiger charge is -2.42. The maximum atomic E-state index is 12.6. The van der Waals surface area contributed by atoms with E-state index in [2.05, 4.69) is 17.9 Å². The highest BCUT2D eigenvalue weighted by atomic mass is 32.2. The summed E-state index contributed by atoms with van der Waals surface area (Å²) in [5, 5.41) is 0.485. The van der Waals surface area contributed by atoms with Gasteiger partial charge in [0.05, 0.1) is 6.42 Å². The van der Waals surface area contributed by atoms with Crippen LogP contribution in [-0.2, 0) is 16.1 Å². The summed E-state index contributed by atoms with van der Waals surface area (Å²) >= 11 is 2.01. The Balaban J connectivity index is 1.27. The zero-order chi connectivity index (χ0) is 20.9. The van der Waals surface area contributed by atoms with Crippen LogP contribution in [0.2, 0.25) is 0 Å². The van der Waals surface area contributed by atoms with Crippen LogP contribution in [0.15, 0.2) is 23.0 Å². The summed E-state index contributed by atoms with van der Waals surface area (Å²) < 4.78 is 7.92. The Morgan fingerprint density at radius 2 is 2.07 bits per heavy atom. The lowest BCUT2D eigenvalue weighted by Crippen LogP contribution is -2.47.